The summed E-state index contributed by atoms with van der Waals surface area (Å²) in [7, 11) is 0. The van der Waals surface area contributed by atoms with Crippen molar-refractivity contribution in [1.82, 2.24) is 5.32 Å². The molecule has 3 nitrogen and oxygen atoms in total. The van der Waals surface area contributed by atoms with E-state index in [-0.39, 0.29) is 0 Å². The Balaban J connectivity index is 2.03. The molecule has 0 bridgehead atoms. The van der Waals surface area contributed by atoms with E-state index in [1.807, 2.05) is 12.1 Å². The van der Waals surface area contributed by atoms with Crippen molar-refractivity contribution in [3.8, 4) is 5.75 Å². The molecule has 90 valence electrons. The standard InChI is InChI=1S/C12H18ClNO2/c13-5-8-16-7-2-6-14-10-11-3-1-4-12(15)9-11/h1,3-4,9,14-15H,2,5-8,10H2. The van der Waals surface area contributed by atoms with E-state index in [4.69, 9.17) is 16.3 Å². The lowest BCUT2D eigenvalue weighted by molar-refractivity contribution is 0.146. The van der Waals surface area contributed by atoms with Gasteiger partial charge in [-0.25, -0.2) is 0 Å². The first-order valence-corrected chi connectivity index (χ1v) is 5.98. The van der Waals surface area contributed by atoms with Gasteiger partial charge in [0, 0.05) is 19.0 Å². The normalized spacial score (nSPS) is 10.6. The number of alkyl halides is 1. The fourth-order valence-electron chi connectivity index (χ4n) is 1.36. The topological polar surface area (TPSA) is 41.5 Å². The van der Waals surface area contributed by atoms with Crippen LogP contribution in [0.2, 0.25) is 0 Å². The minimum absolute atomic E-state index is 0.310. The number of nitrogens with one attached hydrogen (secondary N) is 1. The Kier molecular flexibility index (Phi) is 6.97. The van der Waals surface area contributed by atoms with Crippen LogP contribution >= 0.6 is 11.6 Å². The molecule has 0 aliphatic heterocycles. The van der Waals surface area contributed by atoms with Gasteiger partial charge in [0.15, 0.2) is 0 Å². The van der Waals surface area contributed by atoms with E-state index in [0.717, 1.165) is 31.7 Å². The number of phenols is 1. The summed E-state index contributed by atoms with van der Waals surface area (Å²) in [5.41, 5.74) is 1.08. The van der Waals surface area contributed by atoms with E-state index in [2.05, 4.69) is 5.32 Å². The zero-order chi connectivity index (χ0) is 11.6. The first-order valence-electron chi connectivity index (χ1n) is 5.45. The molecule has 16 heavy (non-hydrogen) atoms. The van der Waals surface area contributed by atoms with E-state index in [0.29, 0.717) is 18.2 Å². The summed E-state index contributed by atoms with van der Waals surface area (Å²) in [6.45, 7) is 3.02. The van der Waals surface area contributed by atoms with E-state index >= 15 is 0 Å². The summed E-state index contributed by atoms with van der Waals surface area (Å²) in [5, 5.41) is 12.5. The summed E-state index contributed by atoms with van der Waals surface area (Å²) in [6, 6.07) is 7.26. The van der Waals surface area contributed by atoms with Crippen molar-refractivity contribution in [2.45, 2.75) is 13.0 Å². The van der Waals surface area contributed by atoms with Crippen LogP contribution in [0.5, 0.6) is 5.75 Å². The Hall–Kier alpha value is -0.770. The second kappa shape index (κ2) is 8.39. The predicted octanol–water partition coefficient (Wildman–Crippen LogP) is 2.13. The van der Waals surface area contributed by atoms with Gasteiger partial charge in [-0.1, -0.05) is 12.1 Å². The zero-order valence-electron chi connectivity index (χ0n) is 9.29. The third-order valence-electron chi connectivity index (χ3n) is 2.10. The first-order chi connectivity index (χ1) is 7.83. The highest BCUT2D eigenvalue weighted by atomic mass is 35.5. The minimum Gasteiger partial charge on any atom is -0.508 e. The Bertz CT molecular complexity index is 294. The second-order valence-corrected chi connectivity index (χ2v) is 3.88. The van der Waals surface area contributed by atoms with Crippen LogP contribution in [-0.4, -0.2) is 30.7 Å². The largest absolute Gasteiger partial charge is 0.508 e. The van der Waals surface area contributed by atoms with Gasteiger partial charge in [-0.15, -0.1) is 11.6 Å². The van der Waals surface area contributed by atoms with Crippen LogP contribution in [0.1, 0.15) is 12.0 Å². The van der Waals surface area contributed by atoms with Gasteiger partial charge < -0.3 is 15.2 Å². The van der Waals surface area contributed by atoms with Gasteiger partial charge in [0.05, 0.1) is 6.61 Å². The van der Waals surface area contributed by atoms with Crippen LogP contribution in [0.3, 0.4) is 0 Å². The molecule has 0 aliphatic carbocycles. The first kappa shape index (κ1) is 13.3. The van der Waals surface area contributed by atoms with Gasteiger partial charge in [0.25, 0.3) is 0 Å². The van der Waals surface area contributed by atoms with Crippen LogP contribution in [0, 0.1) is 0 Å². The molecule has 1 aromatic carbocycles. The smallest absolute Gasteiger partial charge is 0.115 e. The van der Waals surface area contributed by atoms with Gasteiger partial charge in [-0.2, -0.15) is 0 Å². The van der Waals surface area contributed by atoms with E-state index in [1.54, 1.807) is 12.1 Å². The number of phenolic OH excluding ortho intramolecular Hbond substituents is 1. The minimum atomic E-state index is 0.310. The molecule has 0 saturated heterocycles. The Morgan fingerprint density at radius 1 is 1.31 bits per heavy atom. The van der Waals surface area contributed by atoms with Crippen LogP contribution in [0.15, 0.2) is 24.3 Å². The SMILES string of the molecule is Oc1cccc(CNCCCOCCCl)c1. The maximum atomic E-state index is 9.25. The molecular weight excluding hydrogens is 226 g/mol. The fourth-order valence-corrected chi connectivity index (χ4v) is 1.46. The molecule has 4 heteroatoms. The average molecular weight is 244 g/mol. The summed E-state index contributed by atoms with van der Waals surface area (Å²) in [5.74, 6) is 0.862. The lowest BCUT2D eigenvalue weighted by Gasteiger charge is -2.05. The number of aromatic hydroxyl groups is 1. The quantitative estimate of drug-likeness (QED) is 0.543. The molecule has 0 spiro atoms. The fraction of sp³-hybridized carbons (Fsp3) is 0.500. The van der Waals surface area contributed by atoms with Crippen LogP contribution in [0.4, 0.5) is 0 Å². The molecule has 0 fully saturated rings. The van der Waals surface area contributed by atoms with Crippen molar-refractivity contribution in [3.05, 3.63) is 29.8 Å². The van der Waals surface area contributed by atoms with E-state index < -0.39 is 0 Å². The second-order valence-electron chi connectivity index (χ2n) is 3.50. The van der Waals surface area contributed by atoms with Gasteiger partial charge in [0.1, 0.15) is 5.75 Å². The van der Waals surface area contributed by atoms with Crippen molar-refractivity contribution in [2.24, 2.45) is 0 Å². The predicted molar refractivity (Wildman–Crippen MR) is 66.0 cm³/mol. The van der Waals surface area contributed by atoms with Crippen molar-refractivity contribution in [3.63, 3.8) is 0 Å². The lowest BCUT2D eigenvalue weighted by Crippen LogP contribution is -2.16. The van der Waals surface area contributed by atoms with E-state index in [9.17, 15) is 5.11 Å². The molecular formula is C12H18ClNO2. The van der Waals surface area contributed by atoms with Crippen molar-refractivity contribution < 1.29 is 9.84 Å². The molecule has 0 aliphatic rings. The van der Waals surface area contributed by atoms with Gasteiger partial charge in [0.2, 0.25) is 0 Å². The number of ether oxygens (including phenoxy) is 1. The third kappa shape index (κ3) is 5.95. The Labute approximate surface area is 101 Å². The number of hydrogen-bond donors (Lipinski definition) is 2. The third-order valence-corrected chi connectivity index (χ3v) is 2.26. The molecule has 1 rings (SSSR count). The summed E-state index contributed by atoms with van der Waals surface area (Å²) < 4.78 is 5.24. The lowest BCUT2D eigenvalue weighted by atomic mass is 10.2. The maximum Gasteiger partial charge on any atom is 0.115 e. The molecule has 0 unspecified atom stereocenters. The Morgan fingerprint density at radius 2 is 2.19 bits per heavy atom. The highest BCUT2D eigenvalue weighted by molar-refractivity contribution is 6.17. The van der Waals surface area contributed by atoms with Gasteiger partial charge in [-0.05, 0) is 30.7 Å². The molecule has 0 atom stereocenters. The molecule has 1 aromatic rings. The van der Waals surface area contributed by atoms with Crippen LogP contribution in [-0.2, 0) is 11.3 Å². The number of halogens is 1. The monoisotopic (exact) mass is 243 g/mol. The average Bonchev–Trinajstić information content (AvgIpc) is 2.28. The molecule has 0 aromatic heterocycles. The Morgan fingerprint density at radius 3 is 2.94 bits per heavy atom. The van der Waals surface area contributed by atoms with Crippen LogP contribution in [0.25, 0.3) is 0 Å². The van der Waals surface area contributed by atoms with Crippen molar-refractivity contribution >= 4 is 11.6 Å². The molecule has 2 N–H and O–H groups in total. The number of hydrogen-bond acceptors (Lipinski definition) is 3. The van der Waals surface area contributed by atoms with Crippen molar-refractivity contribution in [2.75, 3.05) is 25.6 Å². The van der Waals surface area contributed by atoms with E-state index in [1.165, 1.54) is 0 Å². The van der Waals surface area contributed by atoms with Crippen LogP contribution < -0.4 is 5.32 Å². The molecule has 0 heterocycles. The van der Waals surface area contributed by atoms with Gasteiger partial charge >= 0.3 is 0 Å². The molecule has 0 saturated carbocycles. The number of benzene rings is 1. The van der Waals surface area contributed by atoms with Gasteiger partial charge in [-0.3, -0.25) is 0 Å². The summed E-state index contributed by atoms with van der Waals surface area (Å²) in [4.78, 5) is 0. The maximum absolute atomic E-state index is 9.25. The van der Waals surface area contributed by atoms with Crippen molar-refractivity contribution in [1.29, 1.82) is 0 Å². The highest BCUT2D eigenvalue weighted by Gasteiger charge is 1.94. The summed E-state index contributed by atoms with van der Waals surface area (Å²) >= 11 is 5.47. The summed E-state index contributed by atoms with van der Waals surface area (Å²) in [6.07, 6.45) is 0.968. The highest BCUT2D eigenvalue weighted by Crippen LogP contribution is 2.10. The number of rotatable bonds is 8. The zero-order valence-corrected chi connectivity index (χ0v) is 10.0. The molecule has 0 amide bonds. The molecule has 0 radical (unpaired) electrons.